The summed E-state index contributed by atoms with van der Waals surface area (Å²) < 4.78 is 26.1. The molecule has 0 saturated carbocycles. The predicted octanol–water partition coefficient (Wildman–Crippen LogP) is 3.06. The van der Waals surface area contributed by atoms with E-state index in [-0.39, 0.29) is 5.92 Å². The average molecular weight is 358 g/mol. The number of carbonyl (C=O) groups excluding carboxylic acids is 1. The van der Waals surface area contributed by atoms with Crippen molar-refractivity contribution in [3.8, 4) is 11.1 Å². The zero-order chi connectivity index (χ0) is 18.0. The van der Waals surface area contributed by atoms with Crippen LogP contribution in [0.2, 0.25) is 0 Å². The Bertz CT molecular complexity index is 863. The molecule has 0 spiro atoms. The van der Waals surface area contributed by atoms with Crippen LogP contribution < -0.4 is 5.43 Å². The minimum Gasteiger partial charge on any atom is -0.271 e. The first-order valence-electron chi connectivity index (χ1n) is 8.37. The van der Waals surface area contributed by atoms with Crippen LogP contribution in [0.3, 0.4) is 0 Å². The molecule has 2 aromatic carbocycles. The average Bonchev–Trinajstić information content (AvgIpc) is 2.90. The Morgan fingerprint density at radius 2 is 1.76 bits per heavy atom. The highest BCUT2D eigenvalue weighted by molar-refractivity contribution is 7.90. The largest absolute Gasteiger partial charge is 0.271 e. The molecule has 1 aliphatic rings. The van der Waals surface area contributed by atoms with Crippen LogP contribution in [0.1, 0.15) is 30.6 Å². The topological polar surface area (TPSA) is 66.5 Å². The van der Waals surface area contributed by atoms with E-state index in [1.165, 1.54) is 0 Å². The summed E-state index contributed by atoms with van der Waals surface area (Å²) in [6.07, 6.45) is 0.532. The maximum absolute atomic E-state index is 12.5. The van der Waals surface area contributed by atoms with Crippen molar-refractivity contribution in [3.63, 3.8) is 0 Å². The molecule has 3 rings (SSSR count). The molecule has 0 radical (unpaired) electrons. The number of nitrogens with zero attached hydrogens (tertiary/aromatic N) is 1. The van der Waals surface area contributed by atoms with Crippen LogP contribution in [-0.4, -0.2) is 30.5 Å². The van der Waals surface area contributed by atoms with Gasteiger partial charge in [-0.15, -0.1) is 4.41 Å². The van der Waals surface area contributed by atoms with E-state index in [1.807, 2.05) is 50.2 Å². The van der Waals surface area contributed by atoms with Gasteiger partial charge in [0.05, 0.1) is 5.25 Å². The van der Waals surface area contributed by atoms with Crippen molar-refractivity contribution in [1.82, 2.24) is 9.84 Å². The fourth-order valence-corrected chi connectivity index (χ4v) is 5.12. The standard InChI is InChI=1S/C19H22N2O3S/c1-14(2)18-11-12-21(25(18,23)24)20-19(22)17-10-6-9-16(13-17)15-7-4-3-5-8-15/h3-10,13-14,18H,11-12H2,1-2H3,(H,20,22). The molecule has 1 amide bonds. The minimum atomic E-state index is -3.49. The van der Waals surface area contributed by atoms with Gasteiger partial charge in [-0.25, -0.2) is 8.42 Å². The molecule has 0 aromatic heterocycles. The van der Waals surface area contributed by atoms with Gasteiger partial charge >= 0.3 is 0 Å². The van der Waals surface area contributed by atoms with Gasteiger partial charge in [-0.2, -0.15) is 0 Å². The first kappa shape index (κ1) is 17.6. The lowest BCUT2D eigenvalue weighted by atomic mass is 10.0. The van der Waals surface area contributed by atoms with Gasteiger partial charge in [0, 0.05) is 12.1 Å². The summed E-state index contributed by atoms with van der Waals surface area (Å²) in [6.45, 7) is 4.09. The lowest BCUT2D eigenvalue weighted by molar-refractivity contribution is 0.0884. The second-order valence-electron chi connectivity index (χ2n) is 6.58. The van der Waals surface area contributed by atoms with E-state index in [2.05, 4.69) is 5.43 Å². The van der Waals surface area contributed by atoms with Gasteiger partial charge < -0.3 is 0 Å². The zero-order valence-corrected chi connectivity index (χ0v) is 15.2. The Morgan fingerprint density at radius 1 is 1.08 bits per heavy atom. The number of rotatable bonds is 4. The van der Waals surface area contributed by atoms with E-state index >= 15 is 0 Å². The molecule has 5 nitrogen and oxygen atoms in total. The molecular formula is C19H22N2O3S. The van der Waals surface area contributed by atoms with Crippen LogP contribution in [0.15, 0.2) is 54.6 Å². The van der Waals surface area contributed by atoms with Crippen molar-refractivity contribution in [3.05, 3.63) is 60.2 Å². The molecule has 1 unspecified atom stereocenters. The van der Waals surface area contributed by atoms with Crippen molar-refractivity contribution >= 4 is 15.9 Å². The Kier molecular flexibility index (Phi) is 4.92. The highest BCUT2D eigenvalue weighted by atomic mass is 32.2. The summed E-state index contributed by atoms with van der Waals surface area (Å²) in [4.78, 5) is 12.5. The van der Waals surface area contributed by atoms with Crippen LogP contribution in [0.5, 0.6) is 0 Å². The number of nitrogens with one attached hydrogen (secondary N) is 1. The fourth-order valence-electron chi connectivity index (χ4n) is 3.13. The molecule has 1 fully saturated rings. The van der Waals surface area contributed by atoms with Gasteiger partial charge in [0.2, 0.25) is 10.0 Å². The van der Waals surface area contributed by atoms with Gasteiger partial charge in [0.15, 0.2) is 0 Å². The normalized spacial score (nSPS) is 19.9. The molecule has 132 valence electrons. The molecule has 1 N–H and O–H groups in total. The maximum atomic E-state index is 12.5. The van der Waals surface area contributed by atoms with Crippen molar-refractivity contribution in [2.24, 2.45) is 5.92 Å². The second-order valence-corrected chi connectivity index (χ2v) is 8.65. The van der Waals surface area contributed by atoms with E-state index in [0.29, 0.717) is 18.5 Å². The molecule has 0 bridgehead atoms. The Morgan fingerprint density at radius 3 is 2.40 bits per heavy atom. The van der Waals surface area contributed by atoms with Gasteiger partial charge in [0.1, 0.15) is 0 Å². The number of carbonyl (C=O) groups is 1. The lowest BCUT2D eigenvalue weighted by Gasteiger charge is -2.19. The molecule has 1 heterocycles. The second kappa shape index (κ2) is 6.98. The molecule has 2 aromatic rings. The van der Waals surface area contributed by atoms with Crippen LogP contribution in [-0.2, 0) is 10.0 Å². The number of benzene rings is 2. The first-order valence-corrected chi connectivity index (χ1v) is 9.88. The lowest BCUT2D eigenvalue weighted by Crippen LogP contribution is -2.44. The fraction of sp³-hybridized carbons (Fsp3) is 0.316. The van der Waals surface area contributed by atoms with E-state index < -0.39 is 21.2 Å². The molecular weight excluding hydrogens is 336 g/mol. The predicted molar refractivity (Wildman–Crippen MR) is 98.2 cm³/mol. The van der Waals surface area contributed by atoms with E-state index in [1.54, 1.807) is 18.2 Å². The van der Waals surface area contributed by atoms with Gasteiger partial charge in [-0.05, 0) is 35.6 Å². The maximum Gasteiger partial charge on any atom is 0.266 e. The van der Waals surface area contributed by atoms with Crippen LogP contribution in [0, 0.1) is 5.92 Å². The van der Waals surface area contributed by atoms with Crippen LogP contribution in [0.25, 0.3) is 11.1 Å². The number of hydrazine groups is 1. The Balaban J connectivity index is 1.79. The van der Waals surface area contributed by atoms with Crippen molar-refractivity contribution < 1.29 is 13.2 Å². The number of hydrogen-bond donors (Lipinski definition) is 1. The van der Waals surface area contributed by atoms with Crippen molar-refractivity contribution in [2.75, 3.05) is 6.54 Å². The monoisotopic (exact) mass is 358 g/mol. The van der Waals surface area contributed by atoms with E-state index in [9.17, 15) is 13.2 Å². The first-order chi connectivity index (χ1) is 11.9. The van der Waals surface area contributed by atoms with E-state index in [4.69, 9.17) is 0 Å². The number of sulfonamides is 1. The Hall–Kier alpha value is -2.18. The Labute approximate surface area is 148 Å². The summed E-state index contributed by atoms with van der Waals surface area (Å²) in [5.41, 5.74) is 4.91. The van der Waals surface area contributed by atoms with Gasteiger partial charge in [0.25, 0.3) is 5.91 Å². The molecule has 0 aliphatic carbocycles. The molecule has 1 saturated heterocycles. The summed E-state index contributed by atoms with van der Waals surface area (Å²) in [5, 5.41) is -0.441. The van der Waals surface area contributed by atoms with E-state index in [0.717, 1.165) is 15.5 Å². The summed E-state index contributed by atoms with van der Waals surface area (Å²) in [6, 6.07) is 16.9. The van der Waals surface area contributed by atoms with Crippen molar-refractivity contribution in [1.29, 1.82) is 0 Å². The molecule has 25 heavy (non-hydrogen) atoms. The minimum absolute atomic E-state index is 0.0216. The molecule has 1 atom stereocenters. The zero-order valence-electron chi connectivity index (χ0n) is 14.3. The third kappa shape index (κ3) is 3.60. The highest BCUT2D eigenvalue weighted by Crippen LogP contribution is 2.26. The van der Waals surface area contributed by atoms with Crippen molar-refractivity contribution in [2.45, 2.75) is 25.5 Å². The van der Waals surface area contributed by atoms with Crippen LogP contribution >= 0.6 is 0 Å². The number of hydrogen-bond acceptors (Lipinski definition) is 3. The smallest absolute Gasteiger partial charge is 0.266 e. The highest BCUT2D eigenvalue weighted by Gasteiger charge is 2.41. The van der Waals surface area contributed by atoms with Gasteiger partial charge in [-0.1, -0.05) is 56.3 Å². The summed E-state index contributed by atoms with van der Waals surface area (Å²) in [5.74, 6) is -0.390. The SMILES string of the molecule is CC(C)C1CCN(NC(=O)c2cccc(-c3ccccc3)c2)S1(=O)=O. The van der Waals surface area contributed by atoms with Gasteiger partial charge in [-0.3, -0.25) is 10.2 Å². The molecule has 1 aliphatic heterocycles. The third-order valence-corrected chi connectivity index (χ3v) is 6.94. The quantitative estimate of drug-likeness (QED) is 0.913. The molecule has 6 heteroatoms. The summed E-state index contributed by atoms with van der Waals surface area (Å²) >= 11 is 0. The number of amides is 1. The van der Waals surface area contributed by atoms with Crippen LogP contribution in [0.4, 0.5) is 0 Å². The summed E-state index contributed by atoms with van der Waals surface area (Å²) in [7, 11) is -3.49. The third-order valence-electron chi connectivity index (χ3n) is 4.51.